The Labute approximate surface area is 183 Å². The first-order valence-corrected chi connectivity index (χ1v) is 10.2. The highest BCUT2D eigenvalue weighted by atomic mass is 32.1. The fraction of sp³-hybridized carbons (Fsp3) is 0.474. The number of carbonyl (C=O) groups is 3. The van der Waals surface area contributed by atoms with Crippen LogP contribution in [0.3, 0.4) is 0 Å². The smallest absolute Gasteiger partial charge is 0.308 e. The predicted molar refractivity (Wildman–Crippen MR) is 111 cm³/mol. The normalized spacial score (nSPS) is 20.6. The molecule has 166 valence electrons. The highest BCUT2D eigenvalue weighted by Crippen LogP contribution is 2.16. The minimum atomic E-state index is -0.941. The van der Waals surface area contributed by atoms with E-state index in [9.17, 15) is 24.5 Å². The molecule has 0 aromatic heterocycles. The van der Waals surface area contributed by atoms with Crippen molar-refractivity contribution in [1.29, 1.82) is 0 Å². The van der Waals surface area contributed by atoms with Crippen LogP contribution in [0.15, 0.2) is 24.3 Å². The monoisotopic (exact) mass is 450 g/mol. The summed E-state index contributed by atoms with van der Waals surface area (Å²) in [5.41, 5.74) is -0.187. The number of carbonyl (C=O) groups excluding carboxylic acids is 3. The van der Waals surface area contributed by atoms with Crippen LogP contribution in [0.1, 0.15) is 29.6 Å². The van der Waals surface area contributed by atoms with Crippen molar-refractivity contribution >= 4 is 40.8 Å². The lowest BCUT2D eigenvalue weighted by molar-refractivity contribution is -0.384. The van der Waals surface area contributed by atoms with Crippen molar-refractivity contribution in [3.8, 4) is 0 Å². The molecule has 2 amide bonds. The van der Waals surface area contributed by atoms with E-state index in [0.29, 0.717) is 6.61 Å². The molecular weight excluding hydrogens is 428 g/mol. The minimum Gasteiger partial charge on any atom is -0.463 e. The van der Waals surface area contributed by atoms with Gasteiger partial charge in [0.05, 0.1) is 17.4 Å². The second kappa shape index (κ2) is 10.3. The molecule has 11 nitrogen and oxygen atoms in total. The molecule has 2 heterocycles. The van der Waals surface area contributed by atoms with E-state index in [4.69, 9.17) is 21.7 Å². The van der Waals surface area contributed by atoms with E-state index in [1.807, 2.05) is 0 Å². The Kier molecular flexibility index (Phi) is 7.47. The molecule has 0 radical (unpaired) electrons. The maximum absolute atomic E-state index is 12.5. The Morgan fingerprint density at radius 3 is 2.94 bits per heavy atom. The Morgan fingerprint density at radius 1 is 1.42 bits per heavy atom. The number of rotatable bonds is 6. The molecule has 3 rings (SSSR count). The number of nitrogens with zero attached hydrogens (tertiary/aromatic N) is 2. The predicted octanol–water partition coefficient (Wildman–Crippen LogP) is 0.522. The van der Waals surface area contributed by atoms with Crippen LogP contribution >= 0.6 is 12.2 Å². The fourth-order valence-corrected chi connectivity index (χ4v) is 3.65. The maximum atomic E-state index is 12.5. The molecule has 0 bridgehead atoms. The lowest BCUT2D eigenvalue weighted by Gasteiger charge is -2.36. The van der Waals surface area contributed by atoms with Crippen LogP contribution in [0.4, 0.5) is 5.69 Å². The van der Waals surface area contributed by atoms with E-state index in [2.05, 4.69) is 10.6 Å². The molecular formula is C19H22N4O7S. The van der Waals surface area contributed by atoms with E-state index >= 15 is 0 Å². The lowest BCUT2D eigenvalue weighted by Crippen LogP contribution is -2.60. The number of non-ortho nitro benzene ring substituents is 1. The molecule has 2 saturated heterocycles. The molecule has 12 heteroatoms. The van der Waals surface area contributed by atoms with Crippen molar-refractivity contribution in [2.45, 2.75) is 31.4 Å². The lowest BCUT2D eigenvalue weighted by atomic mass is 10.1. The van der Waals surface area contributed by atoms with Crippen molar-refractivity contribution in [3.63, 3.8) is 0 Å². The van der Waals surface area contributed by atoms with Gasteiger partial charge in [0, 0.05) is 37.4 Å². The van der Waals surface area contributed by atoms with Crippen LogP contribution in [0.2, 0.25) is 0 Å². The third-order valence-electron chi connectivity index (χ3n) is 4.95. The van der Waals surface area contributed by atoms with E-state index in [1.165, 1.54) is 23.1 Å². The summed E-state index contributed by atoms with van der Waals surface area (Å²) >= 11 is 5.28. The average molecular weight is 450 g/mol. The molecule has 1 aromatic carbocycles. The minimum absolute atomic E-state index is 0.0468. The first kappa shape index (κ1) is 22.6. The maximum Gasteiger partial charge on any atom is 0.308 e. The summed E-state index contributed by atoms with van der Waals surface area (Å²) in [6.07, 6.45) is 1.36. The van der Waals surface area contributed by atoms with Crippen molar-refractivity contribution < 1.29 is 28.8 Å². The number of ether oxygens (including phenoxy) is 2. The quantitative estimate of drug-likeness (QED) is 0.275. The summed E-state index contributed by atoms with van der Waals surface area (Å²) in [5.74, 6) is -1.64. The Balaban J connectivity index is 1.61. The van der Waals surface area contributed by atoms with E-state index < -0.39 is 28.7 Å². The number of nitrogens with one attached hydrogen (secondary N) is 2. The van der Waals surface area contributed by atoms with Gasteiger partial charge in [0.1, 0.15) is 12.6 Å². The number of hydrogen-bond acceptors (Lipinski definition) is 8. The Bertz CT molecular complexity index is 888. The average Bonchev–Trinajstić information content (AvgIpc) is 3.27. The number of piperazine rings is 1. The van der Waals surface area contributed by atoms with Gasteiger partial charge in [-0.25, -0.2) is 0 Å². The number of amides is 2. The number of nitro benzene ring substituents is 1. The van der Waals surface area contributed by atoms with E-state index in [-0.39, 0.29) is 48.6 Å². The second-order valence-corrected chi connectivity index (χ2v) is 7.48. The summed E-state index contributed by atoms with van der Waals surface area (Å²) in [6, 6.07) is 4.25. The number of esters is 1. The van der Waals surface area contributed by atoms with Gasteiger partial charge in [-0.2, -0.15) is 0 Å². The number of thiocarbonyl (C=S) groups is 1. The molecule has 1 aromatic rings. The molecule has 2 aliphatic heterocycles. The SMILES string of the molecule is O=C(C[C@@H]1C(=O)NCCN1C(=S)NC(=O)c1cccc([N+](=O)[O-])c1)OC[C@H]1CCCO1. The molecule has 2 aliphatic rings. The van der Waals surface area contributed by atoms with Crippen LogP contribution in [0.25, 0.3) is 0 Å². The Morgan fingerprint density at radius 2 is 2.23 bits per heavy atom. The fourth-order valence-electron chi connectivity index (χ4n) is 3.34. The van der Waals surface area contributed by atoms with Crippen molar-refractivity contribution in [3.05, 3.63) is 39.9 Å². The highest BCUT2D eigenvalue weighted by molar-refractivity contribution is 7.80. The van der Waals surface area contributed by atoms with Gasteiger partial charge in [-0.05, 0) is 31.1 Å². The summed E-state index contributed by atoms with van der Waals surface area (Å²) < 4.78 is 10.6. The number of nitro groups is 1. The molecule has 0 unspecified atom stereocenters. The zero-order valence-corrected chi connectivity index (χ0v) is 17.4. The highest BCUT2D eigenvalue weighted by Gasteiger charge is 2.34. The molecule has 0 spiro atoms. The van der Waals surface area contributed by atoms with Gasteiger partial charge in [-0.1, -0.05) is 6.07 Å². The van der Waals surface area contributed by atoms with Gasteiger partial charge >= 0.3 is 5.97 Å². The third-order valence-corrected chi connectivity index (χ3v) is 5.28. The summed E-state index contributed by atoms with van der Waals surface area (Å²) in [5, 5.41) is 16.0. The van der Waals surface area contributed by atoms with Crippen LogP contribution in [0, 0.1) is 10.1 Å². The van der Waals surface area contributed by atoms with Crippen LogP contribution < -0.4 is 10.6 Å². The molecule has 0 saturated carbocycles. The summed E-state index contributed by atoms with van der Waals surface area (Å²) in [7, 11) is 0. The topological polar surface area (TPSA) is 140 Å². The number of hydrogen-bond donors (Lipinski definition) is 2. The molecule has 2 fully saturated rings. The number of benzene rings is 1. The van der Waals surface area contributed by atoms with E-state index in [0.717, 1.165) is 18.9 Å². The van der Waals surface area contributed by atoms with Crippen molar-refractivity contribution in [1.82, 2.24) is 15.5 Å². The molecule has 2 atom stereocenters. The third kappa shape index (κ3) is 5.95. The molecule has 2 N–H and O–H groups in total. The standard InChI is InChI=1S/C19H22N4O7S/c24-16(30-11-14-5-2-8-29-14)10-15-18(26)20-6-7-22(15)19(31)21-17(25)12-3-1-4-13(9-12)23(27)28/h1,3-4,9,14-15H,2,5-8,10-11H2,(H,20,26)(H,21,25,31)/t14-,15-/m1/s1. The van der Waals surface area contributed by atoms with Gasteiger partial charge in [-0.15, -0.1) is 0 Å². The zero-order valence-electron chi connectivity index (χ0n) is 16.6. The van der Waals surface area contributed by atoms with Crippen LogP contribution in [-0.4, -0.2) is 71.2 Å². The summed E-state index contributed by atoms with van der Waals surface area (Å²) in [4.78, 5) is 48.8. The Hall–Kier alpha value is -3.12. The first-order valence-electron chi connectivity index (χ1n) is 9.76. The van der Waals surface area contributed by atoms with Gasteiger partial charge in [0.15, 0.2) is 5.11 Å². The van der Waals surface area contributed by atoms with Gasteiger partial charge in [0.2, 0.25) is 5.91 Å². The summed E-state index contributed by atoms with van der Waals surface area (Å²) in [6.45, 7) is 1.33. The van der Waals surface area contributed by atoms with Gasteiger partial charge in [-0.3, -0.25) is 29.8 Å². The van der Waals surface area contributed by atoms with Crippen LogP contribution in [0.5, 0.6) is 0 Å². The largest absolute Gasteiger partial charge is 0.463 e. The van der Waals surface area contributed by atoms with E-state index in [1.54, 1.807) is 0 Å². The molecule has 31 heavy (non-hydrogen) atoms. The van der Waals surface area contributed by atoms with Crippen molar-refractivity contribution in [2.75, 3.05) is 26.3 Å². The first-order chi connectivity index (χ1) is 14.8. The second-order valence-electron chi connectivity index (χ2n) is 7.09. The zero-order chi connectivity index (χ0) is 22.4. The van der Waals surface area contributed by atoms with Gasteiger partial charge in [0.25, 0.3) is 11.6 Å². The van der Waals surface area contributed by atoms with Crippen LogP contribution in [-0.2, 0) is 19.1 Å². The van der Waals surface area contributed by atoms with Crippen molar-refractivity contribution in [2.24, 2.45) is 0 Å². The molecule has 0 aliphatic carbocycles. The van der Waals surface area contributed by atoms with Gasteiger partial charge < -0.3 is 19.7 Å².